The first-order chi connectivity index (χ1) is 8.12. The molecule has 0 bridgehead atoms. The van der Waals surface area contributed by atoms with E-state index in [0.717, 1.165) is 0 Å². The van der Waals surface area contributed by atoms with Crippen LogP contribution in [-0.4, -0.2) is 8.42 Å². The Kier molecular flexibility index (Phi) is 3.32. The lowest BCUT2D eigenvalue weighted by molar-refractivity contribution is 0.601. The molecule has 0 aliphatic rings. The molecule has 17 heavy (non-hydrogen) atoms. The molecule has 4 N–H and O–H groups in total. The lowest BCUT2D eigenvalue weighted by Gasteiger charge is -2.06. The first-order valence-electron chi connectivity index (χ1n) is 4.73. The molecule has 0 atom stereocenters. The summed E-state index contributed by atoms with van der Waals surface area (Å²) < 4.78 is 26.4. The van der Waals surface area contributed by atoms with Crippen LogP contribution in [0.5, 0.6) is 0 Å². The van der Waals surface area contributed by atoms with Crippen LogP contribution in [0.2, 0.25) is 0 Å². The molecule has 0 saturated heterocycles. The number of nitrogen functional groups attached to an aromatic ring is 1. The third kappa shape index (κ3) is 2.76. The van der Waals surface area contributed by atoms with Crippen LogP contribution in [0.15, 0.2) is 46.0 Å². The van der Waals surface area contributed by atoms with Gasteiger partial charge in [0.25, 0.3) is 10.0 Å². The zero-order valence-electron chi connectivity index (χ0n) is 8.75. The molecule has 0 spiro atoms. The summed E-state index contributed by atoms with van der Waals surface area (Å²) in [6.45, 7) is 0. The van der Waals surface area contributed by atoms with E-state index < -0.39 is 10.0 Å². The van der Waals surface area contributed by atoms with Gasteiger partial charge in [-0.2, -0.15) is 11.3 Å². The van der Waals surface area contributed by atoms with Crippen LogP contribution in [0.3, 0.4) is 0 Å². The number of hydrogen-bond acceptors (Lipinski definition) is 5. The Morgan fingerprint density at radius 1 is 1.06 bits per heavy atom. The first-order valence-corrected chi connectivity index (χ1v) is 7.16. The zero-order chi connectivity index (χ0) is 12.3. The summed E-state index contributed by atoms with van der Waals surface area (Å²) in [4.78, 5) is 0.197. The van der Waals surface area contributed by atoms with Crippen molar-refractivity contribution in [3.63, 3.8) is 0 Å². The van der Waals surface area contributed by atoms with Gasteiger partial charge in [-0.3, -0.25) is 10.6 Å². The molecule has 0 unspecified atom stereocenters. The maximum atomic E-state index is 11.9. The summed E-state index contributed by atoms with van der Waals surface area (Å²) in [5.74, 6) is 5.20. The number of sulfonamides is 1. The molecule has 1 aromatic heterocycles. The van der Waals surface area contributed by atoms with Crippen LogP contribution in [0.25, 0.3) is 0 Å². The summed E-state index contributed by atoms with van der Waals surface area (Å²) in [5.41, 5.74) is 3.66. The number of benzene rings is 1. The fourth-order valence-corrected chi connectivity index (χ4v) is 2.98. The molecular weight excluding hydrogens is 258 g/mol. The normalized spacial score (nSPS) is 11.1. The number of thiophene rings is 1. The Labute approximate surface area is 103 Å². The molecule has 7 heteroatoms. The molecule has 5 nitrogen and oxygen atoms in total. The zero-order valence-corrected chi connectivity index (χ0v) is 10.4. The van der Waals surface area contributed by atoms with Crippen molar-refractivity contribution < 1.29 is 8.42 Å². The fourth-order valence-electron chi connectivity index (χ4n) is 1.27. The second-order valence-electron chi connectivity index (χ2n) is 3.29. The van der Waals surface area contributed by atoms with Crippen LogP contribution in [-0.2, 0) is 10.0 Å². The van der Waals surface area contributed by atoms with E-state index in [0.29, 0.717) is 11.4 Å². The van der Waals surface area contributed by atoms with Gasteiger partial charge in [0.2, 0.25) is 0 Å². The van der Waals surface area contributed by atoms with Crippen LogP contribution in [0.1, 0.15) is 0 Å². The number of rotatable bonds is 4. The van der Waals surface area contributed by atoms with Crippen LogP contribution >= 0.6 is 11.3 Å². The average molecular weight is 269 g/mol. The molecule has 0 radical (unpaired) electrons. The quantitative estimate of drug-likeness (QED) is 0.584. The number of nitrogens with one attached hydrogen (secondary N) is 2. The van der Waals surface area contributed by atoms with Crippen molar-refractivity contribution in [3.05, 3.63) is 41.1 Å². The van der Waals surface area contributed by atoms with E-state index in [4.69, 9.17) is 5.84 Å². The molecule has 0 fully saturated rings. The second-order valence-corrected chi connectivity index (χ2v) is 5.75. The minimum Gasteiger partial charge on any atom is -0.324 e. The second kappa shape index (κ2) is 4.74. The number of nitrogens with two attached hydrogens (primary N) is 1. The van der Waals surface area contributed by atoms with Gasteiger partial charge in [0.1, 0.15) is 0 Å². The van der Waals surface area contributed by atoms with Gasteiger partial charge < -0.3 is 5.43 Å². The third-order valence-corrected chi connectivity index (χ3v) is 4.19. The van der Waals surface area contributed by atoms with Crippen molar-refractivity contribution in [2.75, 3.05) is 10.1 Å². The monoisotopic (exact) mass is 269 g/mol. The third-order valence-electron chi connectivity index (χ3n) is 2.10. The summed E-state index contributed by atoms with van der Waals surface area (Å²) in [7, 11) is -3.52. The summed E-state index contributed by atoms with van der Waals surface area (Å²) in [5, 5.41) is 3.53. The molecule has 2 rings (SSSR count). The van der Waals surface area contributed by atoms with E-state index in [1.54, 1.807) is 29.0 Å². The topological polar surface area (TPSA) is 84.2 Å². The van der Waals surface area contributed by atoms with Crippen LogP contribution in [0.4, 0.5) is 11.4 Å². The van der Waals surface area contributed by atoms with Gasteiger partial charge in [-0.05, 0) is 35.7 Å². The van der Waals surface area contributed by atoms with Gasteiger partial charge in [0.05, 0.1) is 10.6 Å². The van der Waals surface area contributed by atoms with Gasteiger partial charge in [-0.1, -0.05) is 0 Å². The summed E-state index contributed by atoms with van der Waals surface area (Å²) >= 11 is 1.43. The Balaban J connectivity index is 2.25. The maximum absolute atomic E-state index is 11.9. The van der Waals surface area contributed by atoms with E-state index in [2.05, 4.69) is 10.1 Å². The standard InChI is InChI=1S/C10H11N3O2S2/c11-12-8-1-3-10(4-2-8)17(14,15)13-9-5-6-16-7-9/h1-7,12-13H,11H2. The van der Waals surface area contributed by atoms with Crippen molar-refractivity contribution in [1.29, 1.82) is 0 Å². The molecule has 0 aliphatic heterocycles. The predicted octanol–water partition coefficient (Wildman–Crippen LogP) is 1.83. The van der Waals surface area contributed by atoms with Crippen molar-refractivity contribution in [2.45, 2.75) is 4.90 Å². The average Bonchev–Trinajstić information content (AvgIpc) is 2.81. The highest BCUT2D eigenvalue weighted by Gasteiger charge is 2.13. The van der Waals surface area contributed by atoms with Crippen LogP contribution in [0, 0.1) is 0 Å². The smallest absolute Gasteiger partial charge is 0.261 e. The summed E-state index contributed by atoms with van der Waals surface area (Å²) in [6.07, 6.45) is 0. The Bertz CT molecular complexity index is 577. The lowest BCUT2D eigenvalue weighted by Crippen LogP contribution is -2.13. The van der Waals surface area contributed by atoms with Crippen molar-refractivity contribution in [1.82, 2.24) is 0 Å². The van der Waals surface area contributed by atoms with Gasteiger partial charge in [0, 0.05) is 11.1 Å². The van der Waals surface area contributed by atoms with E-state index in [-0.39, 0.29) is 4.90 Å². The molecule has 0 aliphatic carbocycles. The minimum atomic E-state index is -3.52. The number of anilines is 2. The van der Waals surface area contributed by atoms with Gasteiger partial charge in [0.15, 0.2) is 0 Å². The molecule has 1 aromatic carbocycles. The van der Waals surface area contributed by atoms with Crippen molar-refractivity contribution in [2.24, 2.45) is 5.84 Å². The molecule has 0 amide bonds. The van der Waals surface area contributed by atoms with E-state index in [9.17, 15) is 8.42 Å². The van der Waals surface area contributed by atoms with Crippen LogP contribution < -0.4 is 16.0 Å². The first kappa shape index (κ1) is 11.9. The fraction of sp³-hybridized carbons (Fsp3) is 0. The Hall–Kier alpha value is -1.57. The van der Waals surface area contributed by atoms with Gasteiger partial charge >= 0.3 is 0 Å². The number of hydrogen-bond donors (Lipinski definition) is 3. The highest BCUT2D eigenvalue weighted by atomic mass is 32.2. The molecule has 2 aromatic rings. The van der Waals surface area contributed by atoms with E-state index in [1.807, 2.05) is 0 Å². The molecular formula is C10H11N3O2S2. The molecule has 1 heterocycles. The highest BCUT2D eigenvalue weighted by molar-refractivity contribution is 7.92. The Morgan fingerprint density at radius 3 is 2.29 bits per heavy atom. The van der Waals surface area contributed by atoms with Gasteiger partial charge in [-0.25, -0.2) is 8.42 Å². The van der Waals surface area contributed by atoms with E-state index >= 15 is 0 Å². The number of hydrazine groups is 1. The SMILES string of the molecule is NNc1ccc(S(=O)(=O)Nc2ccsc2)cc1. The lowest BCUT2D eigenvalue weighted by atomic mass is 10.3. The van der Waals surface area contributed by atoms with E-state index in [1.165, 1.54) is 23.5 Å². The summed E-state index contributed by atoms with van der Waals surface area (Å²) in [6, 6.07) is 7.89. The predicted molar refractivity (Wildman–Crippen MR) is 69.4 cm³/mol. The van der Waals surface area contributed by atoms with Crippen molar-refractivity contribution >= 4 is 32.7 Å². The molecule has 0 saturated carbocycles. The highest BCUT2D eigenvalue weighted by Crippen LogP contribution is 2.19. The minimum absolute atomic E-state index is 0.197. The molecule has 90 valence electrons. The largest absolute Gasteiger partial charge is 0.324 e. The Morgan fingerprint density at radius 2 is 1.76 bits per heavy atom. The van der Waals surface area contributed by atoms with Gasteiger partial charge in [-0.15, -0.1) is 0 Å². The van der Waals surface area contributed by atoms with Crippen molar-refractivity contribution in [3.8, 4) is 0 Å². The maximum Gasteiger partial charge on any atom is 0.261 e.